The van der Waals surface area contributed by atoms with Crippen molar-refractivity contribution in [3.63, 3.8) is 0 Å². The molecule has 0 aliphatic carbocycles. The van der Waals surface area contributed by atoms with Gasteiger partial charge < -0.3 is 10.0 Å². The maximum absolute atomic E-state index is 11.6. The van der Waals surface area contributed by atoms with Crippen LogP contribution in [0.2, 0.25) is 0 Å². The summed E-state index contributed by atoms with van der Waals surface area (Å²) in [6, 6.07) is 0. The number of hydrogen-bond acceptors (Lipinski definition) is 3. The van der Waals surface area contributed by atoms with Crippen LogP contribution in [-0.2, 0) is 4.79 Å². The highest BCUT2D eigenvalue weighted by Crippen LogP contribution is 2.27. The lowest BCUT2D eigenvalue weighted by Crippen LogP contribution is -2.33. The summed E-state index contributed by atoms with van der Waals surface area (Å²) in [6.07, 6.45) is 4.43. The van der Waals surface area contributed by atoms with Gasteiger partial charge in [0.15, 0.2) is 0 Å². The fourth-order valence-electron chi connectivity index (χ4n) is 2.35. The van der Waals surface area contributed by atoms with E-state index in [2.05, 4.69) is 0 Å². The Hall–Kier alpha value is -0.220. The maximum atomic E-state index is 11.6. The van der Waals surface area contributed by atoms with Gasteiger partial charge in [-0.05, 0) is 18.6 Å². The van der Waals surface area contributed by atoms with Crippen LogP contribution in [0.5, 0.6) is 0 Å². The van der Waals surface area contributed by atoms with Crippen molar-refractivity contribution in [3.8, 4) is 0 Å². The van der Waals surface area contributed by atoms with Crippen molar-refractivity contribution in [2.45, 2.75) is 30.9 Å². The highest BCUT2D eigenvalue weighted by Gasteiger charge is 2.30. The monoisotopic (exact) mass is 229 g/mol. The first-order valence-electron chi connectivity index (χ1n) is 5.80. The zero-order valence-electron chi connectivity index (χ0n) is 9.02. The average molecular weight is 229 g/mol. The minimum atomic E-state index is 0.153. The van der Waals surface area contributed by atoms with E-state index in [4.69, 9.17) is 5.11 Å². The molecule has 0 spiro atoms. The number of likely N-dealkylation sites (tertiary alicyclic amines) is 1. The van der Waals surface area contributed by atoms with Gasteiger partial charge in [-0.3, -0.25) is 4.79 Å². The van der Waals surface area contributed by atoms with Crippen molar-refractivity contribution in [2.75, 3.05) is 25.4 Å². The van der Waals surface area contributed by atoms with Crippen molar-refractivity contribution in [1.29, 1.82) is 0 Å². The minimum absolute atomic E-state index is 0.153. The SMILES string of the molecule is O=C1CC(CO)CN1CC1CCCCS1. The summed E-state index contributed by atoms with van der Waals surface area (Å²) in [5.74, 6) is 1.67. The molecule has 0 aromatic heterocycles. The Morgan fingerprint density at radius 2 is 2.33 bits per heavy atom. The quantitative estimate of drug-likeness (QED) is 0.788. The second kappa shape index (κ2) is 5.21. The van der Waals surface area contributed by atoms with E-state index in [9.17, 15) is 4.79 Å². The van der Waals surface area contributed by atoms with E-state index in [1.54, 1.807) is 0 Å². The molecule has 2 aliphatic heterocycles. The van der Waals surface area contributed by atoms with Gasteiger partial charge in [-0.15, -0.1) is 0 Å². The van der Waals surface area contributed by atoms with Crippen molar-refractivity contribution in [3.05, 3.63) is 0 Å². The van der Waals surface area contributed by atoms with Crippen molar-refractivity contribution in [1.82, 2.24) is 4.90 Å². The smallest absolute Gasteiger partial charge is 0.223 e. The van der Waals surface area contributed by atoms with Crippen LogP contribution in [0.4, 0.5) is 0 Å². The third-order valence-corrected chi connectivity index (χ3v) is 4.63. The van der Waals surface area contributed by atoms with E-state index in [0.29, 0.717) is 11.7 Å². The number of aliphatic hydroxyl groups is 1. The Morgan fingerprint density at radius 3 is 2.93 bits per heavy atom. The van der Waals surface area contributed by atoms with Crippen LogP contribution in [0.3, 0.4) is 0 Å². The Labute approximate surface area is 95.2 Å². The first-order chi connectivity index (χ1) is 7.29. The maximum Gasteiger partial charge on any atom is 0.223 e. The summed E-state index contributed by atoms with van der Waals surface area (Å²) in [4.78, 5) is 13.6. The molecule has 2 rings (SSSR count). The Balaban J connectivity index is 1.81. The lowest BCUT2D eigenvalue weighted by molar-refractivity contribution is -0.127. The molecule has 1 N–H and O–H groups in total. The fraction of sp³-hybridized carbons (Fsp3) is 0.909. The molecule has 2 fully saturated rings. The molecule has 1 amide bonds. The Kier molecular flexibility index (Phi) is 3.92. The van der Waals surface area contributed by atoms with Gasteiger partial charge in [-0.1, -0.05) is 6.42 Å². The number of carbonyl (C=O) groups excluding carboxylic acids is 1. The molecule has 0 saturated carbocycles. The van der Waals surface area contributed by atoms with Gasteiger partial charge in [-0.2, -0.15) is 11.8 Å². The minimum Gasteiger partial charge on any atom is -0.396 e. The summed E-state index contributed by atoms with van der Waals surface area (Å²) in [7, 11) is 0. The van der Waals surface area contributed by atoms with Gasteiger partial charge in [0.2, 0.25) is 5.91 Å². The number of carbonyl (C=O) groups is 1. The first kappa shape index (κ1) is 11.3. The summed E-state index contributed by atoms with van der Waals surface area (Å²) in [5, 5.41) is 9.66. The van der Waals surface area contributed by atoms with Crippen molar-refractivity contribution in [2.24, 2.45) is 5.92 Å². The highest BCUT2D eigenvalue weighted by molar-refractivity contribution is 7.99. The van der Waals surface area contributed by atoms with Crippen LogP contribution in [0.1, 0.15) is 25.7 Å². The van der Waals surface area contributed by atoms with Crippen LogP contribution in [-0.4, -0.2) is 46.6 Å². The van der Waals surface area contributed by atoms with Crippen LogP contribution >= 0.6 is 11.8 Å². The molecule has 0 bridgehead atoms. The molecule has 2 heterocycles. The molecule has 86 valence electrons. The van der Waals surface area contributed by atoms with Crippen LogP contribution in [0.15, 0.2) is 0 Å². The van der Waals surface area contributed by atoms with Crippen LogP contribution < -0.4 is 0 Å². The van der Waals surface area contributed by atoms with E-state index < -0.39 is 0 Å². The molecule has 4 heteroatoms. The van der Waals surface area contributed by atoms with Gasteiger partial charge >= 0.3 is 0 Å². The van der Waals surface area contributed by atoms with Crippen molar-refractivity contribution < 1.29 is 9.90 Å². The summed E-state index contributed by atoms with van der Waals surface area (Å²) in [5.41, 5.74) is 0. The molecule has 0 aromatic carbocycles. The zero-order chi connectivity index (χ0) is 10.7. The number of hydrogen-bond donors (Lipinski definition) is 1. The molecule has 0 aromatic rings. The Bertz CT molecular complexity index is 229. The zero-order valence-corrected chi connectivity index (χ0v) is 9.84. The predicted octanol–water partition coefficient (Wildman–Crippen LogP) is 1.11. The molecule has 2 saturated heterocycles. The molecule has 2 aliphatic rings. The van der Waals surface area contributed by atoms with E-state index >= 15 is 0 Å². The molecular weight excluding hydrogens is 210 g/mol. The van der Waals surface area contributed by atoms with Gasteiger partial charge in [0.25, 0.3) is 0 Å². The number of amides is 1. The second-order valence-electron chi connectivity index (χ2n) is 4.54. The first-order valence-corrected chi connectivity index (χ1v) is 6.84. The van der Waals surface area contributed by atoms with E-state index in [-0.39, 0.29) is 18.4 Å². The summed E-state index contributed by atoms with van der Waals surface area (Å²) < 4.78 is 0. The normalized spacial score (nSPS) is 32.3. The topological polar surface area (TPSA) is 40.5 Å². The molecule has 15 heavy (non-hydrogen) atoms. The van der Waals surface area contributed by atoms with Crippen LogP contribution in [0, 0.1) is 5.92 Å². The number of nitrogens with zero attached hydrogens (tertiary/aromatic N) is 1. The molecule has 0 radical (unpaired) electrons. The average Bonchev–Trinajstić information content (AvgIpc) is 2.61. The van der Waals surface area contributed by atoms with Crippen LogP contribution in [0.25, 0.3) is 0 Å². The van der Waals surface area contributed by atoms with E-state index in [1.165, 1.54) is 25.0 Å². The van der Waals surface area contributed by atoms with Gasteiger partial charge in [0.05, 0.1) is 0 Å². The predicted molar refractivity (Wildman–Crippen MR) is 61.9 cm³/mol. The number of rotatable bonds is 3. The van der Waals surface area contributed by atoms with E-state index in [0.717, 1.165) is 13.1 Å². The lowest BCUT2D eigenvalue weighted by atomic mass is 10.1. The number of thioether (sulfide) groups is 1. The second-order valence-corrected chi connectivity index (χ2v) is 5.95. The summed E-state index contributed by atoms with van der Waals surface area (Å²) in [6.45, 7) is 1.83. The molecule has 3 nitrogen and oxygen atoms in total. The van der Waals surface area contributed by atoms with Gasteiger partial charge in [0, 0.05) is 37.3 Å². The van der Waals surface area contributed by atoms with Gasteiger partial charge in [0.1, 0.15) is 0 Å². The number of aliphatic hydroxyl groups excluding tert-OH is 1. The summed E-state index contributed by atoms with van der Waals surface area (Å²) >= 11 is 2.00. The molecule has 2 unspecified atom stereocenters. The lowest BCUT2D eigenvalue weighted by Gasteiger charge is -2.26. The largest absolute Gasteiger partial charge is 0.396 e. The van der Waals surface area contributed by atoms with Gasteiger partial charge in [-0.25, -0.2) is 0 Å². The fourth-order valence-corrected chi connectivity index (χ4v) is 3.67. The molecule has 2 atom stereocenters. The third-order valence-electron chi connectivity index (χ3n) is 3.25. The third kappa shape index (κ3) is 2.88. The Morgan fingerprint density at radius 1 is 1.47 bits per heavy atom. The standard InChI is InChI=1S/C11H19NO2S/c13-8-9-5-11(14)12(6-9)7-10-3-1-2-4-15-10/h9-10,13H,1-8H2. The van der Waals surface area contributed by atoms with Crippen molar-refractivity contribution >= 4 is 17.7 Å². The molecular formula is C11H19NO2S. The van der Waals surface area contributed by atoms with E-state index in [1.807, 2.05) is 16.7 Å². The highest BCUT2D eigenvalue weighted by atomic mass is 32.2.